The van der Waals surface area contributed by atoms with Crippen molar-refractivity contribution in [2.75, 3.05) is 47.6 Å². The Labute approximate surface area is 1180 Å². The van der Waals surface area contributed by atoms with Crippen LogP contribution in [0.15, 0.2) is 73.8 Å². The first-order valence-corrected chi connectivity index (χ1v) is 390. The zero-order chi connectivity index (χ0) is 98.5. The fraction of sp³-hybridized carbons (Fsp3) is 0.511. The van der Waals surface area contributed by atoms with Crippen LogP contribution in [0.2, 0.25) is 0 Å². The standard InChI is InChI=1S/C24H34BrN3O6.C20H28N2O5.C3H8BrN.I21.I20.I19/c1-5-13-33-24(32)28-21(16(2)3)20(29)14-17(4)22(30)27-19-9-7-18(8-10-19)15-34-23(31)26-12-6-11-25;1-5-10-27-20(26)22-18(13(2)3)17(24)11-14(4)19(25)21-16-8-6-15(12-23)7-9-16;4-2-1-3-5;1-12-14(4)16(6)18(8)20(10)21(11)19(9)17(7)15(5)13(2)3;1-12(2)14(5)16(7)18(9)20(11)19(10)17(8)15(6)13(3)4;1-11-13(4)15(6)17(8)19(10)18(9)16(7)14(5)12(2)3/h5,7-10,16-17,21H,1,6,11-15H2,2-4H3,(H,26,31)(H,27,30)(H,28,32);5-9,13-14,18,23H,1,10-12H2,2-4H3,(H,21,25)(H,22,26);1-3,5H2;;;/q;;;-1;;-1/t17-,21+;14-,18+;;;;/m11..../s1. The van der Waals surface area contributed by atoms with Crippen molar-refractivity contribution < 1.29 is 79.4 Å². The van der Waals surface area contributed by atoms with Crippen LogP contribution in [0, 0.1) is 23.7 Å². The summed E-state index contributed by atoms with van der Waals surface area (Å²) in [6.45, 7) is 18.9. The molecule has 4 atom stereocenters. The van der Waals surface area contributed by atoms with Gasteiger partial charge in [0.2, 0.25) is 11.8 Å². The van der Waals surface area contributed by atoms with E-state index < -0.39 is 145 Å². The van der Waals surface area contributed by atoms with Crippen molar-refractivity contribution in [1.82, 2.24) is 16.0 Å². The van der Waals surface area contributed by atoms with Gasteiger partial charge < -0.3 is 51.6 Å². The molecule has 0 unspecified atom stereocenters. The molecule has 5 amide bonds. The van der Waals surface area contributed by atoms with Gasteiger partial charge in [0, 0.05) is 53.3 Å². The summed E-state index contributed by atoms with van der Waals surface area (Å²) in [4.78, 5) is 85.2. The fourth-order valence-corrected chi connectivity index (χ4v) is 8810. The molecule has 790 valence electrons. The first kappa shape index (κ1) is 171. The Morgan fingerprint density at radius 2 is 0.667 bits per heavy atom. The van der Waals surface area contributed by atoms with E-state index >= 15 is 0 Å². The predicted octanol–water partition coefficient (Wildman–Crippen LogP) is 52.9. The molecule has 0 saturated heterocycles. The van der Waals surface area contributed by atoms with E-state index in [1.54, 1.807) is 76.2 Å². The zero-order valence-electron chi connectivity index (χ0n) is 61.7. The van der Waals surface area contributed by atoms with Gasteiger partial charge in [0.05, 0.1) is 18.7 Å². The Morgan fingerprint density at radius 1 is 0.405 bits per heavy atom. The van der Waals surface area contributed by atoms with Crippen LogP contribution in [0.5, 0.6) is 0 Å². The van der Waals surface area contributed by atoms with Gasteiger partial charge in [0.1, 0.15) is 19.8 Å². The van der Waals surface area contributed by atoms with Crippen molar-refractivity contribution in [2.45, 2.75) is 92.5 Å². The summed E-state index contributed by atoms with van der Waals surface area (Å²) in [5, 5.41) is 24.1. The van der Waals surface area contributed by atoms with Gasteiger partial charge in [0.15, 0.2) is 11.6 Å². The summed E-state index contributed by atoms with van der Waals surface area (Å²) in [5.41, 5.74) is 7.76. The minimum absolute atomic E-state index is 0.00879. The van der Waals surface area contributed by atoms with Crippen molar-refractivity contribution >= 4 is 886 Å². The van der Waals surface area contributed by atoms with Crippen molar-refractivity contribution in [2.24, 2.45) is 29.4 Å². The number of aliphatic hydroxyl groups excluding tert-OH is 1. The second kappa shape index (κ2) is 109. The van der Waals surface area contributed by atoms with E-state index in [9.17, 15) is 33.6 Å². The SMILES string of the molecule is C=CCOC(=O)N[C@H](C(=O)C[C@@H](C)C(=O)Nc1ccc(CO)cc1)C(C)C.C=CCOC(=O)N[C@H](C(=O)C[C@@H](C)C(=O)Nc1ccc(COC(=O)NCCCBr)cc1)C(C)C.II(I)I(I)I(I)I(I)I(I)I(I)I(I)I(I)I(I)I.I[I-]I(I)I(I)I(I)I(I)I(I)I(I)I(I)I(I)I.I[I-]I(I)I(I)I(I)I(I)I(I)I(I)I(I)I(I)I(I)I.NCCCBr. The molecule has 2 aromatic carbocycles. The number of rotatable bonds is 51. The molecule has 0 aliphatic heterocycles. The number of Topliss-reactive ketones (excluding diaryl/α,β-unsaturated/α-hetero) is 2. The zero-order valence-corrected chi connectivity index (χ0v) is 194. The number of amides is 5. The first-order valence-electron chi connectivity index (χ1n) is 29.8. The number of nitrogens with one attached hydrogen (secondary N) is 5. The van der Waals surface area contributed by atoms with Crippen LogP contribution in [0.25, 0.3) is 0 Å². The molecule has 8 N–H and O–H groups in total. The van der Waals surface area contributed by atoms with E-state index in [0.29, 0.717) is 44.4 Å². The quantitative estimate of drug-likeness (QED) is 0.0107. The molecule has 0 aliphatic carbocycles. The number of carbonyl (C=O) groups excluding carboxylic acids is 7. The Hall–Kier alpha value is 38.7. The van der Waals surface area contributed by atoms with Crippen LogP contribution in [-0.4, -0.2) is 95.8 Å². The van der Waals surface area contributed by atoms with Crippen LogP contribution in [0.1, 0.15) is 78.4 Å². The monoisotopic (exact) mass is 8670 g/mol. The third-order valence-electron chi connectivity index (χ3n) is 11.0. The van der Waals surface area contributed by atoms with Gasteiger partial charge in [-0.1, -0.05) is 123 Å². The number of alkyl halides is 2. The largest absolute Gasteiger partial charge is 0.330 e. The molecule has 79 heteroatoms. The number of ketones is 2. The molecule has 0 heterocycles. The van der Waals surface area contributed by atoms with Crippen molar-refractivity contribution in [3.8, 4) is 0 Å². The second-order valence-electron chi connectivity index (χ2n) is 19.9. The second-order valence-corrected chi connectivity index (χ2v) is 1320. The number of aliphatic hydroxyl groups is 1. The van der Waals surface area contributed by atoms with Crippen molar-refractivity contribution in [3.63, 3.8) is 0 Å². The van der Waals surface area contributed by atoms with Crippen LogP contribution in [0.3, 0.4) is 0 Å². The third kappa shape index (κ3) is 84.2. The maximum Gasteiger partial charge on any atom is 0.00433 e. The minimum atomic E-state index is -0.761. The molecular weight excluding hydrogens is 8600 g/mol. The molecule has 17 nitrogen and oxygen atoms in total. The van der Waals surface area contributed by atoms with Crippen molar-refractivity contribution in [1.29, 1.82) is 0 Å². The summed E-state index contributed by atoms with van der Waals surface area (Å²) in [6, 6.07) is 12.2. The number of nitrogens with two attached hydrogens (primary N) is 1. The van der Waals surface area contributed by atoms with E-state index in [1.807, 2.05) is 13.8 Å². The van der Waals surface area contributed by atoms with E-state index in [0.717, 1.165) is 41.2 Å². The smallest absolute Gasteiger partial charge is 0.00433 e. The number of hydrogen-bond donors (Lipinski definition) is 7. The number of halogens is 62. The van der Waals surface area contributed by atoms with Crippen LogP contribution < -0.4 is 58.8 Å². The molecule has 2 rings (SSSR count). The average Bonchev–Trinajstić information content (AvgIpc) is 0.853. The maximum atomic E-state index is 12.7. The summed E-state index contributed by atoms with van der Waals surface area (Å²) >= 11 is 105. The topological polar surface area (TPSA) is 254 Å². The molecule has 2 aromatic rings. The molecule has 0 aliphatic rings. The van der Waals surface area contributed by atoms with E-state index in [-0.39, 0.29) is 177 Å². The minimum Gasteiger partial charge on any atom is -0.330 e. The Balaban J connectivity index is -0.000000740. The number of anilines is 2. The van der Waals surface area contributed by atoms with E-state index in [4.69, 9.17) is 25.1 Å². The van der Waals surface area contributed by atoms with E-state index in [2.05, 4.69) is 667 Å². The molecule has 0 aromatic heterocycles. The normalized spacial score (nSPS) is 14.8. The maximum absolute atomic E-state index is 12.7. The molecule has 126 heavy (non-hydrogen) atoms. The molecule has 0 saturated carbocycles. The van der Waals surface area contributed by atoms with Gasteiger partial charge in [-0.25, -0.2) is 14.4 Å². The molecule has 0 radical (unpaired) electrons. The van der Waals surface area contributed by atoms with Crippen LogP contribution in [-0.2, 0) is 46.6 Å². The number of ether oxygens (including phenoxy) is 3. The molecule has 0 bridgehead atoms. The summed E-state index contributed by atoms with van der Waals surface area (Å²) in [5.74, 6) is -2.59. The van der Waals surface area contributed by atoms with Gasteiger partial charge in [0.25, 0.3) is 0 Å². The van der Waals surface area contributed by atoms with Crippen LogP contribution >= 0.6 is 833 Å². The van der Waals surface area contributed by atoms with Gasteiger partial charge in [-0.15, -0.1) is 0 Å². The first-order chi connectivity index (χ1) is 58.6. The van der Waals surface area contributed by atoms with Gasteiger partial charge in [-0.05, 0) is 66.6 Å². The van der Waals surface area contributed by atoms with Gasteiger partial charge >= 0.3 is 846 Å². The Morgan fingerprint density at radius 3 is 0.889 bits per heavy atom. The average molecular weight is 8670 g/mol. The Bertz CT molecular complexity index is 3300. The number of carbonyl (C=O) groups is 7. The fourth-order valence-electron chi connectivity index (χ4n) is 5.98. The number of alkyl carbamates (subject to hydrolysis) is 3. The summed E-state index contributed by atoms with van der Waals surface area (Å²) in [6.07, 6.45) is 2.84. The predicted molar refractivity (Wildman–Crippen MR) is 1080 cm³/mol. The Kier molecular flexibility index (Phi) is 147. The summed E-state index contributed by atoms with van der Waals surface area (Å²) < 4.78 is 14.9. The number of hydrogen-bond acceptors (Lipinski definition) is 12. The summed E-state index contributed by atoms with van der Waals surface area (Å²) in [7, 11) is -10.1. The molecule has 0 fully saturated rings. The third-order valence-corrected chi connectivity index (χ3v) is 3980. The van der Waals surface area contributed by atoms with Crippen molar-refractivity contribution in [3.05, 3.63) is 85.0 Å². The van der Waals surface area contributed by atoms with Gasteiger partial charge in [-0.3, -0.25) is 19.2 Å². The van der Waals surface area contributed by atoms with Crippen LogP contribution in [0.4, 0.5) is 25.8 Å². The number of benzene rings is 2. The molecule has 0 spiro atoms. The van der Waals surface area contributed by atoms with Gasteiger partial charge in [-0.2, -0.15) is 0 Å². The molecular formula is C47H70Br2I60N6O11-2. The van der Waals surface area contributed by atoms with E-state index in [1.165, 1.54) is 12.2 Å².